The van der Waals surface area contributed by atoms with Crippen molar-refractivity contribution in [3.63, 3.8) is 0 Å². The zero-order valence-corrected chi connectivity index (χ0v) is 15.3. The Balaban J connectivity index is 0.00000312. The van der Waals surface area contributed by atoms with Gasteiger partial charge in [-0.15, -0.1) is 12.4 Å². The lowest BCUT2D eigenvalue weighted by Crippen LogP contribution is -2.29. The Morgan fingerprint density at radius 1 is 1.24 bits per heavy atom. The van der Waals surface area contributed by atoms with Gasteiger partial charge >= 0.3 is 0 Å². The second kappa shape index (κ2) is 10.8. The zero-order chi connectivity index (χ0) is 17.4. The number of unbranched alkanes of at least 4 members (excludes halogenated alkanes) is 2. The number of nitrogens with two attached hydrogens (primary N) is 1. The van der Waals surface area contributed by atoms with Crippen LogP contribution in [-0.2, 0) is 11.2 Å². The maximum atomic E-state index is 12.9. The number of aryl methyl sites for hydroxylation is 1. The third-order valence-corrected chi connectivity index (χ3v) is 3.99. The number of H-pyrrole nitrogens is 1. The Labute approximate surface area is 154 Å². The Kier molecular flexibility index (Phi) is 9.16. The van der Waals surface area contributed by atoms with Crippen molar-refractivity contribution in [2.75, 3.05) is 20.1 Å². The Bertz CT molecular complexity index is 645. The molecule has 7 heteroatoms. The summed E-state index contributed by atoms with van der Waals surface area (Å²) in [6.07, 6.45) is 4.38. The summed E-state index contributed by atoms with van der Waals surface area (Å²) in [5.41, 5.74) is 8.19. The van der Waals surface area contributed by atoms with E-state index in [4.69, 9.17) is 5.73 Å². The van der Waals surface area contributed by atoms with E-state index in [9.17, 15) is 9.18 Å². The van der Waals surface area contributed by atoms with Crippen LogP contribution in [0.1, 0.15) is 31.4 Å². The van der Waals surface area contributed by atoms with Gasteiger partial charge < -0.3 is 10.6 Å². The number of benzene rings is 1. The summed E-state index contributed by atoms with van der Waals surface area (Å²) in [5, 5.41) is 7.31. The molecule has 0 radical (unpaired) electrons. The lowest BCUT2D eigenvalue weighted by atomic mass is 10.1. The standard InChI is InChI=1S/C18H25FN4O.ClH/c1-23(18(24)10-11-20)12-4-2-3-5-16-13-17(22-21-16)14-6-8-15(19)9-7-14;/h6-9,13H,2-5,10-12,20H2,1H3,(H,21,22);1H. The molecule has 1 aromatic carbocycles. The SMILES string of the molecule is CN(CCCCCc1cc(-c2ccc(F)cc2)n[nH]1)C(=O)CCN.Cl. The van der Waals surface area contributed by atoms with Crippen LogP contribution in [0.3, 0.4) is 0 Å². The Morgan fingerprint density at radius 3 is 2.64 bits per heavy atom. The normalized spacial score (nSPS) is 10.4. The minimum absolute atomic E-state index is 0. The molecule has 1 amide bonds. The van der Waals surface area contributed by atoms with Gasteiger partial charge in [0.1, 0.15) is 5.82 Å². The molecule has 0 aliphatic heterocycles. The zero-order valence-electron chi connectivity index (χ0n) is 14.5. The van der Waals surface area contributed by atoms with Crippen molar-refractivity contribution in [2.45, 2.75) is 32.1 Å². The van der Waals surface area contributed by atoms with Gasteiger partial charge in [0, 0.05) is 37.8 Å². The van der Waals surface area contributed by atoms with Crippen LogP contribution in [0.15, 0.2) is 30.3 Å². The van der Waals surface area contributed by atoms with Crippen molar-refractivity contribution in [3.8, 4) is 11.3 Å². The molecule has 0 fully saturated rings. The van der Waals surface area contributed by atoms with Crippen molar-refractivity contribution in [1.29, 1.82) is 0 Å². The average molecular weight is 369 g/mol. The summed E-state index contributed by atoms with van der Waals surface area (Å²) in [6, 6.07) is 8.33. The van der Waals surface area contributed by atoms with Crippen molar-refractivity contribution >= 4 is 18.3 Å². The highest BCUT2D eigenvalue weighted by Gasteiger charge is 2.07. The maximum absolute atomic E-state index is 12.9. The molecule has 25 heavy (non-hydrogen) atoms. The molecule has 3 N–H and O–H groups in total. The van der Waals surface area contributed by atoms with Crippen LogP contribution < -0.4 is 5.73 Å². The molecule has 2 aromatic rings. The molecule has 2 rings (SSSR count). The largest absolute Gasteiger partial charge is 0.346 e. The molecule has 0 aliphatic rings. The molecule has 0 unspecified atom stereocenters. The topological polar surface area (TPSA) is 75.0 Å². The molecule has 0 saturated carbocycles. The predicted molar refractivity (Wildman–Crippen MR) is 100 cm³/mol. The lowest BCUT2D eigenvalue weighted by Gasteiger charge is -2.16. The molecule has 1 heterocycles. The van der Waals surface area contributed by atoms with Crippen molar-refractivity contribution < 1.29 is 9.18 Å². The number of carbonyl (C=O) groups is 1. The Morgan fingerprint density at radius 2 is 1.96 bits per heavy atom. The van der Waals surface area contributed by atoms with E-state index in [0.29, 0.717) is 13.0 Å². The number of nitrogens with one attached hydrogen (secondary N) is 1. The highest BCUT2D eigenvalue weighted by Crippen LogP contribution is 2.18. The highest BCUT2D eigenvalue weighted by atomic mass is 35.5. The summed E-state index contributed by atoms with van der Waals surface area (Å²) in [4.78, 5) is 13.3. The van der Waals surface area contributed by atoms with Gasteiger partial charge in [0.25, 0.3) is 0 Å². The number of carbonyl (C=O) groups excluding carboxylic acids is 1. The molecule has 0 saturated heterocycles. The molecule has 0 aliphatic carbocycles. The third-order valence-electron chi connectivity index (χ3n) is 3.99. The minimum atomic E-state index is -0.246. The summed E-state index contributed by atoms with van der Waals surface area (Å²) in [6.45, 7) is 1.17. The lowest BCUT2D eigenvalue weighted by molar-refractivity contribution is -0.129. The number of halogens is 2. The minimum Gasteiger partial charge on any atom is -0.346 e. The van der Waals surface area contributed by atoms with Gasteiger partial charge in [-0.1, -0.05) is 6.42 Å². The average Bonchev–Trinajstić information content (AvgIpc) is 3.04. The van der Waals surface area contributed by atoms with Crippen LogP contribution >= 0.6 is 12.4 Å². The molecule has 0 atom stereocenters. The van der Waals surface area contributed by atoms with Crippen LogP contribution in [0.25, 0.3) is 11.3 Å². The fraction of sp³-hybridized carbons (Fsp3) is 0.444. The molecular formula is C18H26ClFN4O. The highest BCUT2D eigenvalue weighted by molar-refractivity contribution is 5.85. The van der Waals surface area contributed by atoms with Crippen molar-refractivity contribution in [1.82, 2.24) is 15.1 Å². The maximum Gasteiger partial charge on any atom is 0.223 e. The quantitative estimate of drug-likeness (QED) is 0.667. The number of amides is 1. The van der Waals surface area contributed by atoms with Crippen LogP contribution in [0, 0.1) is 5.82 Å². The van der Waals surface area contributed by atoms with Crippen molar-refractivity contribution in [2.24, 2.45) is 5.73 Å². The van der Waals surface area contributed by atoms with E-state index in [1.165, 1.54) is 12.1 Å². The molecular weight excluding hydrogens is 343 g/mol. The fourth-order valence-electron chi connectivity index (χ4n) is 2.54. The fourth-order valence-corrected chi connectivity index (χ4v) is 2.54. The second-order valence-corrected chi connectivity index (χ2v) is 5.95. The smallest absolute Gasteiger partial charge is 0.223 e. The van der Waals surface area contributed by atoms with Gasteiger partial charge in [-0.3, -0.25) is 9.89 Å². The van der Waals surface area contributed by atoms with Crippen molar-refractivity contribution in [3.05, 3.63) is 41.8 Å². The summed E-state index contributed by atoms with van der Waals surface area (Å²) < 4.78 is 12.9. The van der Waals surface area contributed by atoms with Gasteiger partial charge in [-0.05, 0) is 49.6 Å². The predicted octanol–water partition coefficient (Wildman–Crippen LogP) is 3.16. The van der Waals surface area contributed by atoms with E-state index in [0.717, 1.165) is 49.2 Å². The van der Waals surface area contributed by atoms with Crippen LogP contribution in [0.4, 0.5) is 4.39 Å². The van der Waals surface area contributed by atoms with Gasteiger partial charge in [0.05, 0.1) is 5.69 Å². The van der Waals surface area contributed by atoms with E-state index in [1.54, 1.807) is 17.0 Å². The van der Waals surface area contributed by atoms with E-state index >= 15 is 0 Å². The van der Waals surface area contributed by atoms with Crippen LogP contribution in [-0.4, -0.2) is 41.1 Å². The summed E-state index contributed by atoms with van der Waals surface area (Å²) >= 11 is 0. The number of rotatable bonds is 9. The van der Waals surface area contributed by atoms with E-state index in [1.807, 2.05) is 13.1 Å². The van der Waals surface area contributed by atoms with Crippen LogP contribution in [0.2, 0.25) is 0 Å². The number of aromatic nitrogens is 2. The summed E-state index contributed by atoms with van der Waals surface area (Å²) in [7, 11) is 1.82. The van der Waals surface area contributed by atoms with E-state index in [-0.39, 0.29) is 24.1 Å². The Hall–Kier alpha value is -1.92. The van der Waals surface area contributed by atoms with E-state index in [2.05, 4.69) is 10.2 Å². The van der Waals surface area contributed by atoms with Crippen LogP contribution in [0.5, 0.6) is 0 Å². The molecule has 1 aromatic heterocycles. The number of nitrogens with zero attached hydrogens (tertiary/aromatic N) is 2. The first kappa shape index (κ1) is 21.1. The van der Waals surface area contributed by atoms with Gasteiger partial charge in [-0.25, -0.2) is 4.39 Å². The number of hydrogen-bond donors (Lipinski definition) is 2. The van der Waals surface area contributed by atoms with Gasteiger partial charge in [0.15, 0.2) is 0 Å². The monoisotopic (exact) mass is 368 g/mol. The molecule has 0 bridgehead atoms. The molecule has 0 spiro atoms. The first-order valence-electron chi connectivity index (χ1n) is 8.34. The summed E-state index contributed by atoms with van der Waals surface area (Å²) in [5.74, 6) is -0.139. The van der Waals surface area contributed by atoms with E-state index < -0.39 is 0 Å². The second-order valence-electron chi connectivity index (χ2n) is 5.95. The molecule has 5 nitrogen and oxygen atoms in total. The first-order chi connectivity index (χ1) is 11.6. The van der Waals surface area contributed by atoms with Gasteiger partial charge in [-0.2, -0.15) is 5.10 Å². The number of aromatic amines is 1. The van der Waals surface area contributed by atoms with Gasteiger partial charge in [0.2, 0.25) is 5.91 Å². The molecule has 138 valence electrons. The first-order valence-corrected chi connectivity index (χ1v) is 8.34. The number of hydrogen-bond acceptors (Lipinski definition) is 3. The third kappa shape index (κ3) is 6.84.